The van der Waals surface area contributed by atoms with Gasteiger partial charge in [-0.2, -0.15) is 0 Å². The maximum Gasteiger partial charge on any atom is 0.269 e. The number of halogens is 2. The highest BCUT2D eigenvalue weighted by molar-refractivity contribution is 6.35. The standard InChI is InChI=1S/C24H29Cl2N3O4/c1-16-13-29(14-17(2)33-16)15-18-5-7-19(8-6-18)24(31)28-27-23(30)4-3-11-32-22-10-9-20(25)12-21(22)26/h5-10,12,16-17H,3-4,11,13-15H2,1-2H3,(H,27,30)(H,28,31). The minimum absolute atomic E-state index is 0.195. The number of hydrazine groups is 1. The van der Waals surface area contributed by atoms with E-state index in [4.69, 9.17) is 32.7 Å². The van der Waals surface area contributed by atoms with Gasteiger partial charge in [-0.25, -0.2) is 0 Å². The lowest BCUT2D eigenvalue weighted by molar-refractivity contribution is -0.122. The first-order chi connectivity index (χ1) is 15.8. The monoisotopic (exact) mass is 493 g/mol. The number of carbonyl (C=O) groups excluding carboxylic acids is 2. The van der Waals surface area contributed by atoms with Gasteiger partial charge in [0, 0.05) is 36.6 Å². The van der Waals surface area contributed by atoms with Crippen molar-refractivity contribution in [3.05, 3.63) is 63.6 Å². The summed E-state index contributed by atoms with van der Waals surface area (Å²) in [6, 6.07) is 12.3. The van der Waals surface area contributed by atoms with Crippen LogP contribution in [0.1, 0.15) is 42.6 Å². The fourth-order valence-electron chi connectivity index (χ4n) is 3.70. The Hall–Kier alpha value is -2.32. The molecule has 0 radical (unpaired) electrons. The summed E-state index contributed by atoms with van der Waals surface area (Å²) in [6.07, 6.45) is 1.09. The number of amides is 2. The van der Waals surface area contributed by atoms with E-state index < -0.39 is 0 Å². The SMILES string of the molecule is CC1CN(Cc2ccc(C(=O)NNC(=O)CCCOc3ccc(Cl)cc3Cl)cc2)CC(C)O1. The van der Waals surface area contributed by atoms with Crippen LogP contribution in [0, 0.1) is 0 Å². The molecule has 0 bridgehead atoms. The van der Waals surface area contributed by atoms with Crippen LogP contribution in [0.2, 0.25) is 10.0 Å². The summed E-state index contributed by atoms with van der Waals surface area (Å²) in [4.78, 5) is 26.6. The smallest absolute Gasteiger partial charge is 0.269 e. The molecular formula is C24H29Cl2N3O4. The molecule has 2 aromatic rings. The van der Waals surface area contributed by atoms with Gasteiger partial charge >= 0.3 is 0 Å². The lowest BCUT2D eigenvalue weighted by Crippen LogP contribution is -2.44. The molecule has 1 heterocycles. The van der Waals surface area contributed by atoms with Gasteiger partial charge in [0.25, 0.3) is 5.91 Å². The molecule has 178 valence electrons. The second-order valence-corrected chi connectivity index (χ2v) is 9.02. The fraction of sp³-hybridized carbons (Fsp3) is 0.417. The van der Waals surface area contributed by atoms with Gasteiger partial charge in [-0.3, -0.25) is 25.3 Å². The van der Waals surface area contributed by atoms with E-state index in [1.807, 2.05) is 12.1 Å². The van der Waals surface area contributed by atoms with E-state index in [1.54, 1.807) is 30.3 Å². The second kappa shape index (κ2) is 12.2. The topological polar surface area (TPSA) is 79.9 Å². The van der Waals surface area contributed by atoms with Crippen molar-refractivity contribution >= 4 is 35.0 Å². The Labute approximate surface area is 204 Å². The highest BCUT2D eigenvalue weighted by Crippen LogP contribution is 2.27. The Morgan fingerprint density at radius 3 is 2.42 bits per heavy atom. The van der Waals surface area contributed by atoms with Crippen molar-refractivity contribution in [2.75, 3.05) is 19.7 Å². The number of nitrogens with zero attached hydrogens (tertiary/aromatic N) is 1. The number of carbonyl (C=O) groups is 2. The predicted molar refractivity (Wildman–Crippen MR) is 129 cm³/mol. The largest absolute Gasteiger partial charge is 0.492 e. The Balaban J connectivity index is 1.36. The maximum atomic E-state index is 12.3. The van der Waals surface area contributed by atoms with Crippen LogP contribution in [0.4, 0.5) is 0 Å². The highest BCUT2D eigenvalue weighted by Gasteiger charge is 2.22. The van der Waals surface area contributed by atoms with Crippen LogP contribution < -0.4 is 15.6 Å². The summed E-state index contributed by atoms with van der Waals surface area (Å²) in [5.74, 6) is -0.162. The van der Waals surface area contributed by atoms with Crippen LogP contribution in [0.5, 0.6) is 5.75 Å². The Kier molecular flexibility index (Phi) is 9.38. The summed E-state index contributed by atoms with van der Waals surface area (Å²) in [6.45, 7) is 7.04. The molecule has 1 saturated heterocycles. The number of rotatable bonds is 8. The van der Waals surface area contributed by atoms with Gasteiger partial charge in [-0.05, 0) is 56.2 Å². The summed E-state index contributed by atoms with van der Waals surface area (Å²) >= 11 is 11.9. The minimum Gasteiger partial charge on any atom is -0.492 e. The molecule has 3 rings (SSSR count). The van der Waals surface area contributed by atoms with Crippen LogP contribution in [0.3, 0.4) is 0 Å². The molecule has 0 aliphatic carbocycles. The molecule has 0 saturated carbocycles. The third kappa shape index (κ3) is 8.19. The maximum absolute atomic E-state index is 12.3. The molecule has 2 aromatic carbocycles. The lowest BCUT2D eigenvalue weighted by Gasteiger charge is -2.35. The number of ether oxygens (including phenoxy) is 2. The van der Waals surface area contributed by atoms with Gasteiger partial charge in [0.1, 0.15) is 5.75 Å². The van der Waals surface area contributed by atoms with E-state index >= 15 is 0 Å². The van der Waals surface area contributed by atoms with Crippen LogP contribution in [-0.2, 0) is 16.1 Å². The number of benzene rings is 2. The number of morpholine rings is 1. The molecule has 7 nitrogen and oxygen atoms in total. The fourth-order valence-corrected chi connectivity index (χ4v) is 4.16. The van der Waals surface area contributed by atoms with Crippen molar-refractivity contribution in [1.29, 1.82) is 0 Å². The molecule has 1 fully saturated rings. The highest BCUT2D eigenvalue weighted by atomic mass is 35.5. The van der Waals surface area contributed by atoms with Crippen molar-refractivity contribution in [2.24, 2.45) is 0 Å². The molecule has 2 atom stereocenters. The first kappa shape index (κ1) is 25.3. The average molecular weight is 494 g/mol. The van der Waals surface area contributed by atoms with Gasteiger partial charge in [0.05, 0.1) is 23.8 Å². The Morgan fingerprint density at radius 2 is 1.76 bits per heavy atom. The van der Waals surface area contributed by atoms with E-state index in [-0.39, 0.29) is 30.4 Å². The van der Waals surface area contributed by atoms with Crippen LogP contribution in [-0.4, -0.2) is 48.6 Å². The Morgan fingerprint density at radius 1 is 1.06 bits per heavy atom. The molecule has 0 aromatic heterocycles. The first-order valence-corrected chi connectivity index (χ1v) is 11.7. The Bertz CT molecular complexity index is 945. The van der Waals surface area contributed by atoms with Crippen LogP contribution in [0.25, 0.3) is 0 Å². The van der Waals surface area contributed by atoms with Crippen molar-refractivity contribution in [2.45, 2.75) is 45.4 Å². The summed E-state index contributed by atoms with van der Waals surface area (Å²) in [5, 5.41) is 0.942. The van der Waals surface area contributed by atoms with E-state index in [2.05, 4.69) is 29.6 Å². The summed E-state index contributed by atoms with van der Waals surface area (Å²) in [5.41, 5.74) is 6.47. The average Bonchev–Trinajstić information content (AvgIpc) is 2.76. The second-order valence-electron chi connectivity index (χ2n) is 8.18. The zero-order valence-corrected chi connectivity index (χ0v) is 20.3. The normalized spacial score (nSPS) is 18.5. The van der Waals surface area contributed by atoms with Crippen LogP contribution in [0.15, 0.2) is 42.5 Å². The minimum atomic E-state index is -0.368. The lowest BCUT2D eigenvalue weighted by atomic mass is 10.1. The van der Waals surface area contributed by atoms with Gasteiger partial charge < -0.3 is 9.47 Å². The molecule has 33 heavy (non-hydrogen) atoms. The van der Waals surface area contributed by atoms with Crippen molar-refractivity contribution in [3.8, 4) is 5.75 Å². The third-order valence-electron chi connectivity index (χ3n) is 5.13. The van der Waals surface area contributed by atoms with Crippen molar-refractivity contribution < 1.29 is 19.1 Å². The van der Waals surface area contributed by atoms with E-state index in [1.165, 1.54) is 0 Å². The summed E-state index contributed by atoms with van der Waals surface area (Å²) < 4.78 is 11.3. The first-order valence-electron chi connectivity index (χ1n) is 10.9. The summed E-state index contributed by atoms with van der Waals surface area (Å²) in [7, 11) is 0. The van der Waals surface area contributed by atoms with Crippen molar-refractivity contribution in [1.82, 2.24) is 15.8 Å². The molecule has 2 unspecified atom stereocenters. The molecule has 1 aliphatic rings. The van der Waals surface area contributed by atoms with Gasteiger partial charge in [0.15, 0.2) is 0 Å². The molecule has 1 aliphatic heterocycles. The van der Waals surface area contributed by atoms with Gasteiger partial charge in [-0.15, -0.1) is 0 Å². The van der Waals surface area contributed by atoms with Crippen LogP contribution >= 0.6 is 23.2 Å². The zero-order chi connectivity index (χ0) is 23.8. The molecular weight excluding hydrogens is 465 g/mol. The van der Waals surface area contributed by atoms with Gasteiger partial charge in [-0.1, -0.05) is 35.3 Å². The molecule has 2 N–H and O–H groups in total. The molecule has 9 heteroatoms. The predicted octanol–water partition coefficient (Wildman–Crippen LogP) is 4.22. The van der Waals surface area contributed by atoms with E-state index in [9.17, 15) is 9.59 Å². The molecule has 0 spiro atoms. The number of hydrogen-bond acceptors (Lipinski definition) is 5. The van der Waals surface area contributed by atoms with Crippen molar-refractivity contribution in [3.63, 3.8) is 0 Å². The van der Waals surface area contributed by atoms with Gasteiger partial charge in [0.2, 0.25) is 5.91 Å². The number of hydrogen-bond donors (Lipinski definition) is 2. The third-order valence-corrected chi connectivity index (χ3v) is 5.66. The van der Waals surface area contributed by atoms with E-state index in [0.717, 1.165) is 25.2 Å². The molecule has 2 amide bonds. The quantitative estimate of drug-likeness (QED) is 0.425. The number of nitrogens with one attached hydrogen (secondary N) is 2. The van der Waals surface area contributed by atoms with E-state index in [0.29, 0.717) is 34.4 Å². The zero-order valence-electron chi connectivity index (χ0n) is 18.8.